The molecule has 0 saturated carbocycles. The Hall–Kier alpha value is -2.14. The van der Waals surface area contributed by atoms with Crippen LogP contribution in [0.25, 0.3) is 5.65 Å². The summed E-state index contributed by atoms with van der Waals surface area (Å²) in [5, 5.41) is 3.07. The van der Waals surface area contributed by atoms with Gasteiger partial charge in [-0.2, -0.15) is 0 Å². The summed E-state index contributed by atoms with van der Waals surface area (Å²) in [6.07, 6.45) is 4.50. The van der Waals surface area contributed by atoms with E-state index < -0.39 is 0 Å². The Kier molecular flexibility index (Phi) is 4.12. The number of carbonyl (C=O) groups excluding carboxylic acids is 1. The van der Waals surface area contributed by atoms with Gasteiger partial charge in [0.15, 0.2) is 0 Å². The lowest BCUT2D eigenvalue weighted by atomic mass is 9.89. The minimum Gasteiger partial charge on any atom is -0.326 e. The molecule has 1 N–H and O–H groups in total. The lowest BCUT2D eigenvalue weighted by Crippen LogP contribution is -2.28. The van der Waals surface area contributed by atoms with E-state index in [0.717, 1.165) is 46.3 Å². The summed E-state index contributed by atoms with van der Waals surface area (Å²) in [5.74, 6) is 0.0760. The summed E-state index contributed by atoms with van der Waals surface area (Å²) in [6, 6.07) is 10.1. The number of amides is 1. The van der Waals surface area contributed by atoms with Gasteiger partial charge >= 0.3 is 0 Å². The molecule has 5 heteroatoms. The monoisotopic (exact) mass is 397 g/mol. The number of aryl methyl sites for hydroxylation is 3. The van der Waals surface area contributed by atoms with Gasteiger partial charge in [0.25, 0.3) is 0 Å². The molecule has 1 aliphatic rings. The number of imidazole rings is 1. The Bertz CT molecular complexity index is 976. The molecule has 1 unspecified atom stereocenters. The molecule has 1 amide bonds. The molecule has 0 aliphatic heterocycles. The van der Waals surface area contributed by atoms with Crippen LogP contribution in [0.3, 0.4) is 0 Å². The van der Waals surface area contributed by atoms with Gasteiger partial charge < -0.3 is 9.72 Å². The molecule has 0 radical (unpaired) electrons. The number of nitrogens with one attached hydrogen (secondary N) is 1. The van der Waals surface area contributed by atoms with Crippen molar-refractivity contribution in [2.75, 3.05) is 5.32 Å². The highest BCUT2D eigenvalue weighted by Crippen LogP contribution is 2.28. The molecule has 0 fully saturated rings. The fourth-order valence-corrected chi connectivity index (χ4v) is 3.75. The summed E-state index contributed by atoms with van der Waals surface area (Å²) < 4.78 is 3.18. The van der Waals surface area contributed by atoms with Crippen molar-refractivity contribution in [2.24, 2.45) is 5.92 Å². The first-order valence-corrected chi connectivity index (χ1v) is 9.34. The highest BCUT2D eigenvalue weighted by Gasteiger charge is 2.28. The maximum absolute atomic E-state index is 12.7. The number of fused-ring (bicyclic) bond motifs is 3. The van der Waals surface area contributed by atoms with Crippen molar-refractivity contribution in [1.82, 2.24) is 9.38 Å². The van der Waals surface area contributed by atoms with Gasteiger partial charge in [-0.15, -0.1) is 0 Å². The van der Waals surface area contributed by atoms with Gasteiger partial charge in [0.05, 0.1) is 5.69 Å². The Morgan fingerprint density at radius 1 is 1.28 bits per heavy atom. The number of hydrogen-bond donors (Lipinski definition) is 1. The van der Waals surface area contributed by atoms with Gasteiger partial charge in [-0.25, -0.2) is 4.98 Å². The Morgan fingerprint density at radius 3 is 2.92 bits per heavy atom. The van der Waals surface area contributed by atoms with Crippen LogP contribution < -0.4 is 5.32 Å². The number of pyridine rings is 1. The van der Waals surface area contributed by atoms with Crippen LogP contribution in [0, 0.1) is 19.8 Å². The first-order chi connectivity index (χ1) is 12.0. The van der Waals surface area contributed by atoms with E-state index in [1.54, 1.807) is 0 Å². The normalized spacial score (nSPS) is 16.7. The molecule has 3 aromatic rings. The molecule has 4 nitrogen and oxygen atoms in total. The third-order valence-electron chi connectivity index (χ3n) is 4.93. The molecule has 0 saturated heterocycles. The quantitative estimate of drug-likeness (QED) is 0.693. The third kappa shape index (κ3) is 3.09. The molecule has 2 aromatic heterocycles. The Morgan fingerprint density at radius 2 is 2.12 bits per heavy atom. The average Bonchev–Trinajstić information content (AvgIpc) is 2.94. The van der Waals surface area contributed by atoms with Crippen molar-refractivity contribution in [2.45, 2.75) is 33.1 Å². The van der Waals surface area contributed by atoms with Crippen LogP contribution in [0.1, 0.15) is 28.9 Å². The van der Waals surface area contributed by atoms with E-state index in [2.05, 4.69) is 50.9 Å². The lowest BCUT2D eigenvalue weighted by molar-refractivity contribution is -0.120. The van der Waals surface area contributed by atoms with Gasteiger partial charge in [0.1, 0.15) is 5.65 Å². The predicted molar refractivity (Wildman–Crippen MR) is 103 cm³/mol. The number of carbonyl (C=O) groups is 1. The Labute approximate surface area is 155 Å². The molecular weight excluding hydrogens is 378 g/mol. The number of hydrogen-bond acceptors (Lipinski definition) is 2. The van der Waals surface area contributed by atoms with Crippen molar-refractivity contribution in [3.8, 4) is 0 Å². The third-order valence-corrected chi connectivity index (χ3v) is 5.82. The van der Waals surface area contributed by atoms with Crippen LogP contribution in [-0.4, -0.2) is 15.3 Å². The maximum Gasteiger partial charge on any atom is 0.227 e. The van der Waals surface area contributed by atoms with Crippen molar-refractivity contribution >= 4 is 33.2 Å². The molecule has 2 heterocycles. The van der Waals surface area contributed by atoms with E-state index in [1.165, 1.54) is 11.3 Å². The van der Waals surface area contributed by atoms with Gasteiger partial charge in [-0.1, -0.05) is 15.9 Å². The van der Waals surface area contributed by atoms with Crippen molar-refractivity contribution in [3.63, 3.8) is 0 Å². The number of halogens is 1. The van der Waals surface area contributed by atoms with Crippen molar-refractivity contribution < 1.29 is 4.79 Å². The van der Waals surface area contributed by atoms with Crippen molar-refractivity contribution in [1.29, 1.82) is 0 Å². The first-order valence-electron chi connectivity index (χ1n) is 8.55. The molecule has 1 atom stereocenters. The first kappa shape index (κ1) is 16.3. The molecule has 25 heavy (non-hydrogen) atoms. The minimum atomic E-state index is -0.0161. The molecular formula is C20H20BrN3O. The lowest BCUT2D eigenvalue weighted by Gasteiger charge is -2.21. The van der Waals surface area contributed by atoms with Gasteiger partial charge in [-0.05, 0) is 68.1 Å². The number of aromatic nitrogens is 2. The molecule has 0 spiro atoms. The standard InChI is InChI=1S/C20H20BrN3O/c1-12-7-8-24-18-11-14(3-6-17(18)23-19(24)9-12)20(25)22-15-4-5-16(21)13(2)10-15/h4-5,7-10,14H,3,6,11H2,1-2H3,(H,22,25). The zero-order valence-corrected chi connectivity index (χ0v) is 15.9. The fourth-order valence-electron chi connectivity index (χ4n) is 3.50. The number of rotatable bonds is 2. The second kappa shape index (κ2) is 6.30. The summed E-state index contributed by atoms with van der Waals surface area (Å²) in [6.45, 7) is 4.09. The maximum atomic E-state index is 12.7. The minimum absolute atomic E-state index is 0.0161. The highest BCUT2D eigenvalue weighted by atomic mass is 79.9. The highest BCUT2D eigenvalue weighted by molar-refractivity contribution is 9.10. The summed E-state index contributed by atoms with van der Waals surface area (Å²) in [7, 11) is 0. The van der Waals surface area contributed by atoms with E-state index in [-0.39, 0.29) is 11.8 Å². The molecule has 1 aliphatic carbocycles. The molecule has 128 valence electrons. The van der Waals surface area contributed by atoms with E-state index >= 15 is 0 Å². The SMILES string of the molecule is Cc1ccn2c3c(nc2c1)CCC(C(=O)Nc1ccc(Br)c(C)c1)C3. The topological polar surface area (TPSA) is 46.4 Å². The van der Waals surface area contributed by atoms with Crippen LogP contribution in [0.2, 0.25) is 0 Å². The van der Waals surface area contributed by atoms with E-state index in [4.69, 9.17) is 4.98 Å². The van der Waals surface area contributed by atoms with Crippen LogP contribution in [0.4, 0.5) is 5.69 Å². The zero-order chi connectivity index (χ0) is 17.6. The number of anilines is 1. The number of benzene rings is 1. The average molecular weight is 398 g/mol. The molecule has 0 bridgehead atoms. The van der Waals surface area contributed by atoms with Gasteiger partial charge in [-0.3, -0.25) is 4.79 Å². The second-order valence-corrected chi connectivity index (χ2v) is 7.68. The Balaban J connectivity index is 1.56. The molecule has 4 rings (SSSR count). The van der Waals surface area contributed by atoms with E-state index in [1.807, 2.05) is 25.1 Å². The van der Waals surface area contributed by atoms with Crippen LogP contribution in [-0.2, 0) is 17.6 Å². The van der Waals surface area contributed by atoms with E-state index in [9.17, 15) is 4.79 Å². The summed E-state index contributed by atoms with van der Waals surface area (Å²) >= 11 is 3.49. The predicted octanol–water partition coefficient (Wildman–Crippen LogP) is 4.46. The van der Waals surface area contributed by atoms with Crippen LogP contribution in [0.5, 0.6) is 0 Å². The fraction of sp³-hybridized carbons (Fsp3) is 0.300. The summed E-state index contributed by atoms with van der Waals surface area (Å²) in [4.78, 5) is 17.5. The van der Waals surface area contributed by atoms with Crippen LogP contribution in [0.15, 0.2) is 41.0 Å². The van der Waals surface area contributed by atoms with Gasteiger partial charge in [0.2, 0.25) is 5.91 Å². The number of nitrogens with zero attached hydrogens (tertiary/aromatic N) is 2. The van der Waals surface area contributed by atoms with Crippen molar-refractivity contribution in [3.05, 3.63) is 63.5 Å². The summed E-state index contributed by atoms with van der Waals surface area (Å²) in [5.41, 5.74) is 6.46. The second-order valence-electron chi connectivity index (χ2n) is 6.83. The van der Waals surface area contributed by atoms with E-state index in [0.29, 0.717) is 0 Å². The van der Waals surface area contributed by atoms with Gasteiger partial charge in [0, 0.05) is 34.4 Å². The smallest absolute Gasteiger partial charge is 0.227 e. The largest absolute Gasteiger partial charge is 0.326 e. The molecule has 1 aromatic carbocycles. The van der Waals surface area contributed by atoms with Crippen LogP contribution >= 0.6 is 15.9 Å². The zero-order valence-electron chi connectivity index (χ0n) is 14.3.